The molecule has 30 heavy (non-hydrogen) atoms. The summed E-state index contributed by atoms with van der Waals surface area (Å²) in [6, 6.07) is 11.5. The third kappa shape index (κ3) is 11.2. The molecule has 0 N–H and O–H groups in total. The molecule has 1 amide bonds. The molecule has 2 rings (SSSR count). The number of carbonyl (C=O) groups excluding carboxylic acids is 1. The van der Waals surface area contributed by atoms with Gasteiger partial charge in [0.1, 0.15) is 0 Å². The van der Waals surface area contributed by atoms with Crippen LogP contribution in [0.15, 0.2) is 47.1 Å². The first-order valence-electron chi connectivity index (χ1n) is 7.75. The van der Waals surface area contributed by atoms with Crippen LogP contribution in [0.25, 0.3) is 11.3 Å². The molecule has 2 aromatic rings. The van der Waals surface area contributed by atoms with E-state index in [1.165, 1.54) is 4.90 Å². The van der Waals surface area contributed by atoms with Crippen molar-refractivity contribution in [3.8, 4) is 11.3 Å². The minimum atomic E-state index is -0.536. The Kier molecular flexibility index (Phi) is 19.3. The Balaban J connectivity index is -0.000000815. The number of nitrogens with zero attached hydrogens (tertiary/aromatic N) is 1. The average molecular weight is 449 g/mol. The molecule has 0 bridgehead atoms. The quantitative estimate of drug-likeness (QED) is 0.524. The summed E-state index contributed by atoms with van der Waals surface area (Å²) < 4.78 is 41.5. The Morgan fingerprint density at radius 2 is 1.47 bits per heavy atom. The summed E-state index contributed by atoms with van der Waals surface area (Å²) in [7, 11) is 1.68. The molecule has 0 fully saturated rings. The number of benzene rings is 1. The van der Waals surface area contributed by atoms with Crippen molar-refractivity contribution in [2.45, 2.75) is 26.4 Å². The molecule has 156 valence electrons. The van der Waals surface area contributed by atoms with Crippen LogP contribution < -0.4 is 0 Å². The molecule has 1 aromatic heterocycles. The van der Waals surface area contributed by atoms with Crippen molar-refractivity contribution in [2.24, 2.45) is 0 Å². The fourth-order valence-corrected chi connectivity index (χ4v) is 2.30. The predicted octanol–water partition coefficient (Wildman–Crippen LogP) is 3.69. The van der Waals surface area contributed by atoms with Crippen molar-refractivity contribution in [1.29, 1.82) is 0 Å². The van der Waals surface area contributed by atoms with Gasteiger partial charge in [0.2, 0.25) is 0 Å². The second-order valence-corrected chi connectivity index (χ2v) is 6.47. The van der Waals surface area contributed by atoms with Crippen LogP contribution in [0.3, 0.4) is 0 Å². The molecule has 0 aliphatic heterocycles. The van der Waals surface area contributed by atoms with E-state index < -0.39 is 11.7 Å². The first kappa shape index (κ1) is 31.8. The van der Waals surface area contributed by atoms with Crippen LogP contribution in [-0.4, -0.2) is 28.1 Å². The SMILES string of the molecule is CN(C(=O)OC(C)(C)C)[C](=[Cr])c1ccccc1-c1ccco1.[C-]#[O+].[C-]#[O+].[C-]#[O+].[C-]#[O+]. The Labute approximate surface area is 183 Å². The number of hydrogen-bond acceptors (Lipinski definition) is 3. The molecule has 0 aliphatic rings. The van der Waals surface area contributed by atoms with E-state index in [-0.39, 0.29) is 0 Å². The monoisotopic (exact) mass is 449 g/mol. The molecule has 0 saturated heterocycles. The molecule has 0 saturated carbocycles. The van der Waals surface area contributed by atoms with E-state index in [1.807, 2.05) is 57.2 Å². The van der Waals surface area contributed by atoms with Gasteiger partial charge in [-0.25, -0.2) is 0 Å². The number of rotatable bonds is 3. The molecular formula is C21H19CrNO7. The summed E-state index contributed by atoms with van der Waals surface area (Å²) in [4.78, 5) is 13.7. The molecule has 0 aliphatic carbocycles. The first-order chi connectivity index (χ1) is 14.3. The van der Waals surface area contributed by atoms with Gasteiger partial charge in [0.25, 0.3) is 0 Å². The first-order valence-corrected chi connectivity index (χ1v) is 8.39. The Morgan fingerprint density at radius 3 is 1.90 bits per heavy atom. The summed E-state index contributed by atoms with van der Waals surface area (Å²) in [5.41, 5.74) is 1.26. The topological polar surface area (TPSA) is 122 Å². The van der Waals surface area contributed by atoms with E-state index in [9.17, 15) is 4.79 Å². The third-order valence-corrected chi connectivity index (χ3v) is 3.69. The Morgan fingerprint density at radius 1 is 0.967 bits per heavy atom. The summed E-state index contributed by atoms with van der Waals surface area (Å²) in [6.45, 7) is 23.5. The van der Waals surface area contributed by atoms with E-state index >= 15 is 0 Å². The van der Waals surface area contributed by atoms with Gasteiger partial charge in [0, 0.05) is 0 Å². The molecule has 0 spiro atoms. The molecule has 0 atom stereocenters. The zero-order chi connectivity index (χ0) is 24.3. The molecule has 0 radical (unpaired) electrons. The number of hydrogen-bond donors (Lipinski definition) is 0. The van der Waals surface area contributed by atoms with Gasteiger partial charge in [-0.2, -0.15) is 0 Å². The summed E-state index contributed by atoms with van der Waals surface area (Å²) in [5, 5.41) is 0. The van der Waals surface area contributed by atoms with Crippen LogP contribution in [0.2, 0.25) is 0 Å². The van der Waals surface area contributed by atoms with Gasteiger partial charge < -0.3 is 0 Å². The maximum atomic E-state index is 12.2. The molecule has 9 heteroatoms. The predicted molar refractivity (Wildman–Crippen MR) is 98.0 cm³/mol. The van der Waals surface area contributed by atoms with Gasteiger partial charge in [0.05, 0.1) is 0 Å². The Hall–Kier alpha value is -2.87. The van der Waals surface area contributed by atoms with E-state index in [2.05, 4.69) is 42.5 Å². The van der Waals surface area contributed by atoms with Crippen molar-refractivity contribution in [1.82, 2.24) is 4.90 Å². The second-order valence-electron chi connectivity index (χ2n) is 5.87. The van der Waals surface area contributed by atoms with Crippen LogP contribution in [0.1, 0.15) is 26.3 Å². The third-order valence-electron chi connectivity index (χ3n) is 2.92. The molecule has 0 unspecified atom stereocenters. The van der Waals surface area contributed by atoms with Gasteiger partial charge in [0.15, 0.2) is 0 Å². The molecule has 1 heterocycles. The fraction of sp³-hybridized carbons (Fsp3) is 0.238. The van der Waals surface area contributed by atoms with Gasteiger partial charge >= 0.3 is 183 Å². The van der Waals surface area contributed by atoms with E-state index in [0.29, 0.717) is 4.50 Å². The molecular weight excluding hydrogens is 430 g/mol. The van der Waals surface area contributed by atoms with Crippen molar-refractivity contribution in [2.75, 3.05) is 7.05 Å². The number of furan rings is 1. The van der Waals surface area contributed by atoms with Crippen molar-refractivity contribution in [3.05, 3.63) is 74.8 Å². The van der Waals surface area contributed by atoms with E-state index in [1.54, 1.807) is 13.3 Å². The summed E-state index contributed by atoms with van der Waals surface area (Å²) in [6.07, 6.45) is 1.22. The normalized spacial score (nSPS) is 8.40. The minimum absolute atomic E-state index is 0.407. The molecule has 8 nitrogen and oxygen atoms in total. The van der Waals surface area contributed by atoms with Crippen molar-refractivity contribution in [3.63, 3.8) is 0 Å². The van der Waals surface area contributed by atoms with Gasteiger partial charge in [-0.3, -0.25) is 0 Å². The summed E-state index contributed by atoms with van der Waals surface area (Å²) >= 11 is 2.96. The van der Waals surface area contributed by atoms with Gasteiger partial charge in [-0.1, -0.05) is 0 Å². The maximum absolute atomic E-state index is 12.2. The van der Waals surface area contributed by atoms with Crippen LogP contribution in [0.5, 0.6) is 0 Å². The van der Waals surface area contributed by atoms with Crippen molar-refractivity contribution >= 4 is 10.6 Å². The van der Waals surface area contributed by atoms with E-state index in [4.69, 9.17) is 27.8 Å². The average Bonchev–Trinajstić information content (AvgIpc) is 3.32. The zero-order valence-electron chi connectivity index (χ0n) is 16.8. The standard InChI is InChI=1S/C17H19NO3.4CO.Cr/c1-17(2,3)21-16(19)18(4)12-13-8-5-6-9-14(13)15-10-7-11-20-15;4*1-2;/h5-11H,1-4H3;;;;;. The zero-order valence-corrected chi connectivity index (χ0v) is 18.0. The van der Waals surface area contributed by atoms with Crippen LogP contribution >= 0.6 is 0 Å². The van der Waals surface area contributed by atoms with Gasteiger partial charge in [-0.05, 0) is 0 Å². The molecule has 1 aromatic carbocycles. The Bertz CT molecular complexity index is 819. The van der Waals surface area contributed by atoms with Crippen molar-refractivity contribution < 1.29 is 48.4 Å². The van der Waals surface area contributed by atoms with Crippen LogP contribution in [0, 0.1) is 26.6 Å². The van der Waals surface area contributed by atoms with E-state index in [0.717, 1.165) is 16.9 Å². The number of carbonyl (C=O) groups is 1. The number of amides is 1. The summed E-state index contributed by atoms with van der Waals surface area (Å²) in [5.74, 6) is 0.751. The fourth-order valence-electron chi connectivity index (χ4n) is 1.91. The second kappa shape index (κ2) is 18.2. The van der Waals surface area contributed by atoms with Crippen LogP contribution in [0.4, 0.5) is 4.79 Å². The van der Waals surface area contributed by atoms with Gasteiger partial charge in [-0.15, -0.1) is 0 Å². The number of ether oxygens (including phenoxy) is 1. The van der Waals surface area contributed by atoms with Crippen LogP contribution in [-0.2, 0) is 39.2 Å².